The van der Waals surface area contributed by atoms with E-state index in [1.54, 1.807) is 0 Å². The standard InChI is InChI=1S/C13H12F2N2O4/c1-3-10(20-2)11-16-12(21-17-11)6-4-8(14)9(15)5-7(6)13(18)19/h4-5,10H,3H2,1-2H3,(H,18,19). The molecule has 1 atom stereocenters. The lowest BCUT2D eigenvalue weighted by atomic mass is 10.1. The fraction of sp³-hybridized carbons (Fsp3) is 0.308. The van der Waals surface area contributed by atoms with Crippen molar-refractivity contribution in [2.24, 2.45) is 0 Å². The van der Waals surface area contributed by atoms with E-state index in [1.165, 1.54) is 7.11 Å². The highest BCUT2D eigenvalue weighted by atomic mass is 19.2. The van der Waals surface area contributed by atoms with Gasteiger partial charge in [0, 0.05) is 7.11 Å². The van der Waals surface area contributed by atoms with Gasteiger partial charge in [-0.05, 0) is 18.6 Å². The zero-order valence-corrected chi connectivity index (χ0v) is 11.3. The van der Waals surface area contributed by atoms with Crippen LogP contribution in [0.25, 0.3) is 11.5 Å². The van der Waals surface area contributed by atoms with Crippen molar-refractivity contribution < 1.29 is 27.9 Å². The number of aromatic nitrogens is 2. The molecule has 1 aromatic carbocycles. The molecule has 112 valence electrons. The van der Waals surface area contributed by atoms with Crippen LogP contribution in [0.2, 0.25) is 0 Å². The van der Waals surface area contributed by atoms with Crippen LogP contribution in [-0.2, 0) is 4.74 Å². The molecule has 1 aromatic heterocycles. The van der Waals surface area contributed by atoms with Gasteiger partial charge in [-0.1, -0.05) is 12.1 Å². The summed E-state index contributed by atoms with van der Waals surface area (Å²) >= 11 is 0. The largest absolute Gasteiger partial charge is 0.478 e. The van der Waals surface area contributed by atoms with Crippen molar-refractivity contribution >= 4 is 5.97 Å². The van der Waals surface area contributed by atoms with E-state index in [0.29, 0.717) is 18.6 Å². The monoisotopic (exact) mass is 298 g/mol. The molecule has 0 saturated carbocycles. The first-order chi connectivity index (χ1) is 9.97. The Balaban J connectivity index is 2.51. The van der Waals surface area contributed by atoms with E-state index in [0.717, 1.165) is 0 Å². The molecule has 0 amide bonds. The van der Waals surface area contributed by atoms with Gasteiger partial charge in [0.05, 0.1) is 11.1 Å². The lowest BCUT2D eigenvalue weighted by molar-refractivity contribution is 0.0696. The van der Waals surface area contributed by atoms with Gasteiger partial charge in [-0.25, -0.2) is 13.6 Å². The second-order valence-electron chi connectivity index (χ2n) is 4.21. The fourth-order valence-corrected chi connectivity index (χ4v) is 1.83. The van der Waals surface area contributed by atoms with E-state index in [1.807, 2.05) is 6.92 Å². The number of ether oxygens (including phenoxy) is 1. The van der Waals surface area contributed by atoms with E-state index >= 15 is 0 Å². The van der Waals surface area contributed by atoms with Crippen molar-refractivity contribution in [3.05, 3.63) is 35.2 Å². The van der Waals surface area contributed by atoms with Crippen LogP contribution in [0.5, 0.6) is 0 Å². The first kappa shape index (κ1) is 15.0. The minimum atomic E-state index is -1.43. The van der Waals surface area contributed by atoms with Crippen molar-refractivity contribution in [3.8, 4) is 11.5 Å². The molecule has 0 fully saturated rings. The van der Waals surface area contributed by atoms with E-state index in [9.17, 15) is 13.6 Å². The van der Waals surface area contributed by atoms with Gasteiger partial charge in [-0.15, -0.1) is 0 Å². The Labute approximate surface area is 118 Å². The molecule has 8 heteroatoms. The number of aromatic carboxylic acids is 1. The molecule has 0 spiro atoms. The van der Waals surface area contributed by atoms with Gasteiger partial charge >= 0.3 is 5.97 Å². The predicted octanol–water partition coefficient (Wildman–Crippen LogP) is 2.81. The summed E-state index contributed by atoms with van der Waals surface area (Å²) in [7, 11) is 1.46. The number of benzene rings is 1. The summed E-state index contributed by atoms with van der Waals surface area (Å²) in [6, 6.07) is 1.29. The number of carboxylic acid groups (broad SMARTS) is 1. The molecule has 2 aromatic rings. The summed E-state index contributed by atoms with van der Waals surface area (Å²) in [5.41, 5.74) is -0.652. The molecule has 0 aliphatic rings. The van der Waals surface area contributed by atoms with Crippen LogP contribution in [-0.4, -0.2) is 28.3 Å². The molecule has 1 unspecified atom stereocenters. The summed E-state index contributed by atoms with van der Waals surface area (Å²) in [6.45, 7) is 1.84. The average Bonchev–Trinajstić information content (AvgIpc) is 2.92. The number of nitrogens with zero attached hydrogens (tertiary/aromatic N) is 2. The number of carbonyl (C=O) groups is 1. The summed E-state index contributed by atoms with van der Waals surface area (Å²) in [5, 5.41) is 12.7. The van der Waals surface area contributed by atoms with Gasteiger partial charge in [0.15, 0.2) is 11.6 Å². The second-order valence-corrected chi connectivity index (χ2v) is 4.21. The van der Waals surface area contributed by atoms with Crippen LogP contribution in [0.15, 0.2) is 16.7 Å². The number of methoxy groups -OCH3 is 1. The SMILES string of the molecule is CCC(OC)c1noc(-c2cc(F)c(F)cc2C(=O)O)n1. The first-order valence-corrected chi connectivity index (χ1v) is 6.07. The molecule has 0 aliphatic carbocycles. The third-order valence-corrected chi connectivity index (χ3v) is 2.91. The highest BCUT2D eigenvalue weighted by Crippen LogP contribution is 2.27. The molecule has 0 bridgehead atoms. The Morgan fingerprint density at radius 2 is 2.10 bits per heavy atom. The topological polar surface area (TPSA) is 85.5 Å². The lowest BCUT2D eigenvalue weighted by Crippen LogP contribution is -2.04. The number of hydrogen-bond donors (Lipinski definition) is 1. The lowest BCUT2D eigenvalue weighted by Gasteiger charge is -2.06. The zero-order chi connectivity index (χ0) is 15.6. The van der Waals surface area contributed by atoms with E-state index in [4.69, 9.17) is 14.4 Å². The first-order valence-electron chi connectivity index (χ1n) is 6.07. The average molecular weight is 298 g/mol. The number of carboxylic acids is 1. The molecular weight excluding hydrogens is 286 g/mol. The van der Waals surface area contributed by atoms with Crippen LogP contribution < -0.4 is 0 Å². The zero-order valence-electron chi connectivity index (χ0n) is 11.3. The minimum Gasteiger partial charge on any atom is -0.478 e. The predicted molar refractivity (Wildman–Crippen MR) is 66.7 cm³/mol. The van der Waals surface area contributed by atoms with E-state index in [2.05, 4.69) is 10.1 Å². The van der Waals surface area contributed by atoms with Crippen LogP contribution in [0.3, 0.4) is 0 Å². The molecular formula is C13H12F2N2O4. The number of rotatable bonds is 5. The van der Waals surface area contributed by atoms with Crippen molar-refractivity contribution in [3.63, 3.8) is 0 Å². The summed E-state index contributed by atoms with van der Waals surface area (Å²) in [6.07, 6.45) is 0.139. The number of halogens is 2. The highest BCUT2D eigenvalue weighted by Gasteiger charge is 2.23. The summed E-state index contributed by atoms with van der Waals surface area (Å²) in [5.74, 6) is -3.90. The molecule has 2 rings (SSSR count). The molecule has 1 heterocycles. The van der Waals surface area contributed by atoms with Gasteiger partial charge in [0.2, 0.25) is 5.82 Å². The molecule has 0 saturated heterocycles. The van der Waals surface area contributed by atoms with Crippen molar-refractivity contribution in [2.75, 3.05) is 7.11 Å². The van der Waals surface area contributed by atoms with Crippen LogP contribution in [0.4, 0.5) is 8.78 Å². The Bertz CT molecular complexity index is 668. The molecule has 1 N–H and O–H groups in total. The molecule has 6 nitrogen and oxygen atoms in total. The van der Waals surface area contributed by atoms with Gasteiger partial charge < -0.3 is 14.4 Å². The Kier molecular flexibility index (Phi) is 4.27. The summed E-state index contributed by atoms with van der Waals surface area (Å²) < 4.78 is 36.5. The second kappa shape index (κ2) is 5.96. The minimum absolute atomic E-state index is 0.189. The summed E-state index contributed by atoms with van der Waals surface area (Å²) in [4.78, 5) is 15.1. The van der Waals surface area contributed by atoms with Crippen LogP contribution in [0, 0.1) is 11.6 Å². The molecule has 0 aliphatic heterocycles. The maximum atomic E-state index is 13.3. The van der Waals surface area contributed by atoms with Gasteiger partial charge in [-0.3, -0.25) is 0 Å². The smallest absolute Gasteiger partial charge is 0.336 e. The van der Waals surface area contributed by atoms with Crippen molar-refractivity contribution in [1.82, 2.24) is 10.1 Å². The quantitative estimate of drug-likeness (QED) is 0.913. The maximum absolute atomic E-state index is 13.3. The number of hydrogen-bond acceptors (Lipinski definition) is 5. The van der Waals surface area contributed by atoms with Gasteiger partial charge in [0.25, 0.3) is 5.89 Å². The Hall–Kier alpha value is -2.35. The molecule has 0 radical (unpaired) electrons. The van der Waals surface area contributed by atoms with Crippen LogP contribution >= 0.6 is 0 Å². The van der Waals surface area contributed by atoms with Crippen molar-refractivity contribution in [1.29, 1.82) is 0 Å². The maximum Gasteiger partial charge on any atom is 0.336 e. The normalized spacial score (nSPS) is 12.4. The Morgan fingerprint density at radius 3 is 2.67 bits per heavy atom. The highest BCUT2D eigenvalue weighted by molar-refractivity contribution is 5.94. The Morgan fingerprint density at radius 1 is 1.43 bits per heavy atom. The third-order valence-electron chi connectivity index (χ3n) is 2.91. The van der Waals surface area contributed by atoms with Gasteiger partial charge in [-0.2, -0.15) is 4.98 Å². The van der Waals surface area contributed by atoms with Crippen molar-refractivity contribution in [2.45, 2.75) is 19.4 Å². The third kappa shape index (κ3) is 2.89. The fourth-order valence-electron chi connectivity index (χ4n) is 1.83. The van der Waals surface area contributed by atoms with Gasteiger partial charge in [0.1, 0.15) is 6.10 Å². The van der Waals surface area contributed by atoms with E-state index in [-0.39, 0.29) is 17.3 Å². The van der Waals surface area contributed by atoms with Crippen LogP contribution in [0.1, 0.15) is 35.6 Å². The van der Waals surface area contributed by atoms with E-state index < -0.39 is 29.3 Å². The molecule has 21 heavy (non-hydrogen) atoms.